The second-order valence-electron chi connectivity index (χ2n) is 6.82. The molecule has 2 aliphatic rings. The van der Waals surface area contributed by atoms with Crippen molar-refractivity contribution in [3.63, 3.8) is 0 Å². The van der Waals surface area contributed by atoms with Crippen molar-refractivity contribution >= 4 is 29.9 Å². The van der Waals surface area contributed by atoms with Crippen LogP contribution in [0.1, 0.15) is 34.5 Å². The molecule has 11 heteroatoms. The van der Waals surface area contributed by atoms with Crippen LogP contribution in [0.4, 0.5) is 19.0 Å². The minimum Gasteiger partial charge on any atom is -0.404 e. The van der Waals surface area contributed by atoms with Gasteiger partial charge in [-0.1, -0.05) is 0 Å². The number of fused-ring (bicyclic) bond motifs is 1. The van der Waals surface area contributed by atoms with Gasteiger partial charge in [0.2, 0.25) is 6.41 Å². The van der Waals surface area contributed by atoms with E-state index in [9.17, 15) is 18.4 Å². The number of nitrogens with one attached hydrogen (secondary N) is 1. The molecule has 1 aromatic heterocycles. The number of halogens is 3. The van der Waals surface area contributed by atoms with Crippen LogP contribution in [0, 0.1) is 5.82 Å². The molecule has 1 aromatic rings. The van der Waals surface area contributed by atoms with E-state index in [-0.39, 0.29) is 40.8 Å². The van der Waals surface area contributed by atoms with Crippen LogP contribution in [0.2, 0.25) is 0 Å². The van der Waals surface area contributed by atoms with E-state index < -0.39 is 18.3 Å². The van der Waals surface area contributed by atoms with Crippen molar-refractivity contribution in [2.75, 3.05) is 25.0 Å². The Hall–Kier alpha value is -3.11. The molecule has 3 rings (SSSR count). The molecule has 1 saturated heterocycles. The lowest BCUT2D eigenvalue weighted by Gasteiger charge is -2.37. The molecule has 1 fully saturated rings. The van der Waals surface area contributed by atoms with Crippen LogP contribution in [-0.4, -0.2) is 61.1 Å². The largest absolute Gasteiger partial charge is 0.404 e. The second kappa shape index (κ2) is 8.50. The molecule has 0 radical (unpaired) electrons. The standard InChI is InChI=1S/C18H21F3N6O2/c1-26(11-3-2-4-27(8-11)9-28)16-14(19)12-7-23-17(29)13(12)15(25-16)10(5-22)6-24-18(20)21/h5-6,9,11,18H,2-4,7-8,22H2,1H3,(H,23,29). The quantitative estimate of drug-likeness (QED) is 0.416. The predicted octanol–water partition coefficient (Wildman–Crippen LogP) is 1.11. The van der Waals surface area contributed by atoms with Gasteiger partial charge < -0.3 is 20.9 Å². The molecular weight excluding hydrogens is 389 g/mol. The summed E-state index contributed by atoms with van der Waals surface area (Å²) in [5, 5.41) is 2.52. The van der Waals surface area contributed by atoms with Gasteiger partial charge in [-0.3, -0.25) is 9.59 Å². The highest BCUT2D eigenvalue weighted by Crippen LogP contribution is 2.32. The fraction of sp³-hybridized carbons (Fsp3) is 0.444. The summed E-state index contributed by atoms with van der Waals surface area (Å²) in [4.78, 5) is 33.8. The average Bonchev–Trinajstić information content (AvgIpc) is 3.11. The van der Waals surface area contributed by atoms with E-state index in [1.165, 1.54) is 0 Å². The van der Waals surface area contributed by atoms with Crippen LogP contribution >= 0.6 is 0 Å². The maximum absolute atomic E-state index is 15.2. The minimum atomic E-state index is -2.97. The van der Waals surface area contributed by atoms with E-state index in [1.807, 2.05) is 0 Å². The zero-order chi connectivity index (χ0) is 21.1. The molecular formula is C18H21F3N6O2. The number of amides is 2. The van der Waals surface area contributed by atoms with Crippen molar-refractivity contribution in [3.05, 3.63) is 28.8 Å². The van der Waals surface area contributed by atoms with Gasteiger partial charge in [0.05, 0.1) is 11.3 Å². The van der Waals surface area contributed by atoms with Gasteiger partial charge in [0, 0.05) is 56.3 Å². The molecule has 0 bridgehead atoms. The lowest BCUT2D eigenvalue weighted by atomic mass is 10.0. The highest BCUT2D eigenvalue weighted by atomic mass is 19.3. The molecule has 1 unspecified atom stereocenters. The van der Waals surface area contributed by atoms with E-state index in [1.54, 1.807) is 16.8 Å². The average molecular weight is 410 g/mol. The number of nitrogens with two attached hydrogens (primary N) is 1. The number of hydrogen-bond acceptors (Lipinski definition) is 6. The molecule has 2 aliphatic heterocycles. The Labute approximate surface area is 165 Å². The fourth-order valence-electron chi connectivity index (χ4n) is 3.60. The lowest BCUT2D eigenvalue weighted by molar-refractivity contribution is -0.119. The first-order valence-electron chi connectivity index (χ1n) is 9.03. The fourth-order valence-corrected chi connectivity index (χ4v) is 3.60. The molecule has 3 N–H and O–H groups in total. The number of alkyl halides is 2. The number of rotatable bonds is 6. The lowest BCUT2D eigenvalue weighted by Crippen LogP contribution is -2.46. The molecule has 156 valence electrons. The smallest absolute Gasteiger partial charge is 0.331 e. The van der Waals surface area contributed by atoms with Gasteiger partial charge in [0.1, 0.15) is 0 Å². The molecule has 3 heterocycles. The van der Waals surface area contributed by atoms with Crippen molar-refractivity contribution in [1.82, 2.24) is 15.2 Å². The van der Waals surface area contributed by atoms with Gasteiger partial charge in [-0.05, 0) is 12.8 Å². The Morgan fingerprint density at radius 2 is 2.24 bits per heavy atom. The first-order valence-corrected chi connectivity index (χ1v) is 9.03. The third kappa shape index (κ3) is 4.03. The second-order valence-corrected chi connectivity index (χ2v) is 6.82. The Bertz CT molecular complexity index is 874. The van der Waals surface area contributed by atoms with Crippen LogP contribution < -0.4 is 16.0 Å². The molecule has 2 amide bonds. The molecule has 1 atom stereocenters. The Kier molecular flexibility index (Phi) is 6.04. The van der Waals surface area contributed by atoms with Crippen molar-refractivity contribution in [2.24, 2.45) is 10.7 Å². The van der Waals surface area contributed by atoms with Gasteiger partial charge in [0.25, 0.3) is 5.91 Å². The summed E-state index contributed by atoms with van der Waals surface area (Å²) in [6, 6.07) is -0.188. The Balaban J connectivity index is 2.07. The van der Waals surface area contributed by atoms with Crippen molar-refractivity contribution in [1.29, 1.82) is 0 Å². The maximum Gasteiger partial charge on any atom is 0.331 e. The van der Waals surface area contributed by atoms with Gasteiger partial charge in [-0.2, -0.15) is 8.78 Å². The Morgan fingerprint density at radius 1 is 1.48 bits per heavy atom. The maximum atomic E-state index is 15.2. The molecule has 0 spiro atoms. The number of likely N-dealkylation sites (N-methyl/N-ethyl adjacent to an activating group) is 1. The number of piperidine rings is 1. The number of nitrogens with zero attached hydrogens (tertiary/aromatic N) is 4. The third-order valence-corrected chi connectivity index (χ3v) is 5.11. The van der Waals surface area contributed by atoms with Crippen LogP contribution in [-0.2, 0) is 11.3 Å². The summed E-state index contributed by atoms with van der Waals surface area (Å²) in [7, 11) is 1.64. The number of aliphatic imine (C=N–C) groups is 1. The number of likely N-dealkylation sites (tertiary alicyclic amines) is 1. The number of allylic oxidation sites excluding steroid dienone is 1. The van der Waals surface area contributed by atoms with Crippen molar-refractivity contribution in [2.45, 2.75) is 32.0 Å². The third-order valence-electron chi connectivity index (χ3n) is 5.11. The van der Waals surface area contributed by atoms with E-state index in [0.717, 1.165) is 31.7 Å². The van der Waals surface area contributed by atoms with Crippen LogP contribution in [0.15, 0.2) is 11.2 Å². The first kappa shape index (κ1) is 20.6. The van der Waals surface area contributed by atoms with E-state index in [4.69, 9.17) is 5.73 Å². The number of hydrogen-bond donors (Lipinski definition) is 2. The van der Waals surface area contributed by atoms with Crippen LogP contribution in [0.5, 0.6) is 0 Å². The SMILES string of the molecule is CN(c1nc(C(C=NC(F)F)=CN)c2c(c1F)CNC2=O)C1CCCN(C=O)C1. The molecule has 8 nitrogen and oxygen atoms in total. The summed E-state index contributed by atoms with van der Waals surface area (Å²) >= 11 is 0. The monoisotopic (exact) mass is 410 g/mol. The summed E-state index contributed by atoms with van der Waals surface area (Å²) in [5.41, 5.74) is 5.56. The van der Waals surface area contributed by atoms with Crippen LogP contribution in [0.25, 0.3) is 5.57 Å². The first-order chi connectivity index (χ1) is 13.9. The molecule has 0 aromatic carbocycles. The number of carbonyl (C=O) groups excluding carboxylic acids is 2. The zero-order valence-electron chi connectivity index (χ0n) is 15.7. The minimum absolute atomic E-state index is 0.0202. The summed E-state index contributed by atoms with van der Waals surface area (Å²) in [5.74, 6) is -1.28. The van der Waals surface area contributed by atoms with Crippen molar-refractivity contribution in [3.8, 4) is 0 Å². The van der Waals surface area contributed by atoms with Gasteiger partial charge in [0.15, 0.2) is 11.6 Å². The highest BCUT2D eigenvalue weighted by Gasteiger charge is 2.33. The van der Waals surface area contributed by atoms with Gasteiger partial charge in [-0.15, -0.1) is 0 Å². The van der Waals surface area contributed by atoms with Crippen molar-refractivity contribution < 1.29 is 22.8 Å². The number of aromatic nitrogens is 1. The zero-order valence-corrected chi connectivity index (χ0v) is 15.7. The summed E-state index contributed by atoms with van der Waals surface area (Å²) in [6.07, 6.45) is 4.03. The van der Waals surface area contributed by atoms with E-state index in [2.05, 4.69) is 15.3 Å². The number of carbonyl (C=O) groups is 2. The highest BCUT2D eigenvalue weighted by molar-refractivity contribution is 6.14. The van der Waals surface area contributed by atoms with Crippen LogP contribution in [0.3, 0.4) is 0 Å². The van der Waals surface area contributed by atoms with Gasteiger partial charge >= 0.3 is 6.55 Å². The predicted molar refractivity (Wildman–Crippen MR) is 101 cm³/mol. The van der Waals surface area contributed by atoms with E-state index in [0.29, 0.717) is 13.1 Å². The summed E-state index contributed by atoms with van der Waals surface area (Å²) < 4.78 is 40.2. The number of pyridine rings is 1. The topological polar surface area (TPSA) is 104 Å². The van der Waals surface area contributed by atoms with E-state index >= 15 is 4.39 Å². The summed E-state index contributed by atoms with van der Waals surface area (Å²) in [6.45, 7) is -1.99. The molecule has 29 heavy (non-hydrogen) atoms. The Morgan fingerprint density at radius 3 is 2.90 bits per heavy atom. The molecule has 0 aliphatic carbocycles. The number of anilines is 1. The normalized spacial score (nSPS) is 19.6. The molecule has 0 saturated carbocycles. The van der Waals surface area contributed by atoms with Gasteiger partial charge in [-0.25, -0.2) is 14.4 Å².